The molecule has 1 fully saturated rings. The molecule has 112 valence electrons. The highest BCUT2D eigenvalue weighted by Crippen LogP contribution is 2.23. The minimum atomic E-state index is 0.272. The van der Waals surface area contributed by atoms with Crippen LogP contribution < -0.4 is 5.32 Å². The number of carbonyl (C=O) groups excluding carboxylic acids is 1. The predicted molar refractivity (Wildman–Crippen MR) is 80.3 cm³/mol. The number of nitrogens with zero attached hydrogens (tertiary/aromatic N) is 2. The molecule has 19 heavy (non-hydrogen) atoms. The van der Waals surface area contributed by atoms with Gasteiger partial charge in [0, 0.05) is 25.2 Å². The van der Waals surface area contributed by atoms with Crippen LogP contribution >= 0.6 is 0 Å². The Labute approximate surface area is 118 Å². The van der Waals surface area contributed by atoms with E-state index in [1.54, 1.807) is 0 Å². The van der Waals surface area contributed by atoms with Crippen LogP contribution in [-0.4, -0.2) is 61.5 Å². The number of nitrogens with one attached hydrogen (secondary N) is 1. The first-order chi connectivity index (χ1) is 9.04. The van der Waals surface area contributed by atoms with Gasteiger partial charge in [0.25, 0.3) is 0 Å². The number of hydrogen-bond acceptors (Lipinski definition) is 3. The van der Waals surface area contributed by atoms with Gasteiger partial charge in [0.15, 0.2) is 0 Å². The van der Waals surface area contributed by atoms with Crippen molar-refractivity contribution in [2.75, 3.05) is 33.7 Å². The fourth-order valence-corrected chi connectivity index (χ4v) is 2.54. The third-order valence-electron chi connectivity index (χ3n) is 4.09. The van der Waals surface area contributed by atoms with Crippen LogP contribution in [0.3, 0.4) is 0 Å². The summed E-state index contributed by atoms with van der Waals surface area (Å²) >= 11 is 0. The van der Waals surface area contributed by atoms with Gasteiger partial charge in [0.05, 0.1) is 6.54 Å². The first-order valence-electron chi connectivity index (χ1n) is 7.72. The highest BCUT2D eigenvalue weighted by molar-refractivity contribution is 5.78. The first-order valence-corrected chi connectivity index (χ1v) is 7.72. The van der Waals surface area contributed by atoms with Crippen molar-refractivity contribution >= 4 is 5.91 Å². The number of amides is 1. The van der Waals surface area contributed by atoms with Crippen LogP contribution in [0.25, 0.3) is 0 Å². The molecule has 1 aliphatic carbocycles. The van der Waals surface area contributed by atoms with Crippen molar-refractivity contribution in [1.82, 2.24) is 15.1 Å². The smallest absolute Gasteiger partial charge is 0.236 e. The van der Waals surface area contributed by atoms with Crippen molar-refractivity contribution in [3.63, 3.8) is 0 Å². The zero-order valence-electron chi connectivity index (χ0n) is 13.1. The molecule has 1 unspecified atom stereocenters. The monoisotopic (exact) mass is 269 g/mol. The molecule has 1 N–H and O–H groups in total. The summed E-state index contributed by atoms with van der Waals surface area (Å²) in [4.78, 5) is 16.7. The molecule has 0 spiro atoms. The Hall–Kier alpha value is -0.610. The Morgan fingerprint density at radius 3 is 2.42 bits per heavy atom. The summed E-state index contributed by atoms with van der Waals surface area (Å²) in [5.41, 5.74) is 0. The van der Waals surface area contributed by atoms with Crippen molar-refractivity contribution < 1.29 is 4.79 Å². The minimum absolute atomic E-state index is 0.272. The Morgan fingerprint density at radius 2 is 1.89 bits per heavy atom. The summed E-state index contributed by atoms with van der Waals surface area (Å²) in [5, 5.41) is 3.32. The Morgan fingerprint density at radius 1 is 1.26 bits per heavy atom. The van der Waals surface area contributed by atoms with Crippen molar-refractivity contribution in [3.8, 4) is 0 Å². The molecule has 0 aromatic rings. The van der Waals surface area contributed by atoms with Crippen molar-refractivity contribution in [3.05, 3.63) is 0 Å². The van der Waals surface area contributed by atoms with Gasteiger partial charge in [-0.05, 0) is 40.3 Å². The summed E-state index contributed by atoms with van der Waals surface area (Å²) in [6.45, 7) is 6.57. The van der Waals surface area contributed by atoms with E-state index in [-0.39, 0.29) is 5.91 Å². The predicted octanol–water partition coefficient (Wildman–Crippen LogP) is 1.71. The van der Waals surface area contributed by atoms with Crippen LogP contribution in [0.15, 0.2) is 0 Å². The molecule has 4 nitrogen and oxygen atoms in total. The third kappa shape index (κ3) is 5.91. The maximum Gasteiger partial charge on any atom is 0.236 e. The second kappa shape index (κ2) is 8.54. The van der Waals surface area contributed by atoms with Gasteiger partial charge in [0.1, 0.15) is 0 Å². The second-order valence-corrected chi connectivity index (χ2v) is 6.02. The molecule has 0 saturated heterocycles. The zero-order chi connectivity index (χ0) is 14.3. The van der Waals surface area contributed by atoms with Gasteiger partial charge in [0.2, 0.25) is 5.91 Å². The Bertz CT molecular complexity index is 262. The van der Waals surface area contributed by atoms with E-state index in [4.69, 9.17) is 0 Å². The molecule has 0 aromatic carbocycles. The summed E-state index contributed by atoms with van der Waals surface area (Å²) in [6, 6.07) is 0.898. The van der Waals surface area contributed by atoms with Crippen LogP contribution in [0.1, 0.15) is 46.0 Å². The molecule has 1 saturated carbocycles. The lowest BCUT2D eigenvalue weighted by molar-refractivity contribution is -0.132. The lowest BCUT2D eigenvalue weighted by atomic mass is 10.2. The van der Waals surface area contributed by atoms with Crippen LogP contribution in [0.5, 0.6) is 0 Å². The number of carbonyl (C=O) groups is 1. The van der Waals surface area contributed by atoms with Crippen molar-refractivity contribution in [1.29, 1.82) is 0 Å². The van der Waals surface area contributed by atoms with E-state index in [2.05, 4.69) is 43.1 Å². The SMILES string of the molecule is CCC(C)NCC(=O)N(CCN(C)C)C1CCCC1. The summed E-state index contributed by atoms with van der Waals surface area (Å²) in [5.74, 6) is 0.272. The highest BCUT2D eigenvalue weighted by atomic mass is 16.2. The van der Waals surface area contributed by atoms with Gasteiger partial charge >= 0.3 is 0 Å². The topological polar surface area (TPSA) is 35.6 Å². The van der Waals surface area contributed by atoms with E-state index >= 15 is 0 Å². The number of likely N-dealkylation sites (N-methyl/N-ethyl adjacent to an activating group) is 1. The fraction of sp³-hybridized carbons (Fsp3) is 0.933. The molecule has 1 rings (SSSR count). The second-order valence-electron chi connectivity index (χ2n) is 6.02. The molecular formula is C15H31N3O. The number of rotatable bonds is 8. The molecule has 4 heteroatoms. The Kier molecular flexibility index (Phi) is 7.39. The summed E-state index contributed by atoms with van der Waals surface area (Å²) in [6.07, 6.45) is 5.98. The summed E-state index contributed by atoms with van der Waals surface area (Å²) in [7, 11) is 4.13. The normalized spacial score (nSPS) is 17.9. The highest BCUT2D eigenvalue weighted by Gasteiger charge is 2.26. The third-order valence-corrected chi connectivity index (χ3v) is 4.09. The molecule has 0 bridgehead atoms. The van der Waals surface area contributed by atoms with Gasteiger partial charge in [-0.25, -0.2) is 0 Å². The molecule has 0 aliphatic heterocycles. The Balaban J connectivity index is 2.48. The van der Waals surface area contributed by atoms with Crippen LogP contribution in [0.4, 0.5) is 0 Å². The van der Waals surface area contributed by atoms with E-state index in [0.717, 1.165) is 19.5 Å². The average Bonchev–Trinajstić information content (AvgIpc) is 2.89. The van der Waals surface area contributed by atoms with Gasteiger partial charge in [-0.15, -0.1) is 0 Å². The molecule has 1 amide bonds. The van der Waals surface area contributed by atoms with E-state index in [0.29, 0.717) is 18.6 Å². The maximum atomic E-state index is 12.4. The lowest BCUT2D eigenvalue weighted by Gasteiger charge is -2.30. The molecule has 0 heterocycles. The maximum absolute atomic E-state index is 12.4. The molecule has 0 aromatic heterocycles. The van der Waals surface area contributed by atoms with Gasteiger partial charge < -0.3 is 15.1 Å². The molecular weight excluding hydrogens is 238 g/mol. The molecule has 1 aliphatic rings. The van der Waals surface area contributed by atoms with Crippen molar-refractivity contribution in [2.45, 2.75) is 58.0 Å². The largest absolute Gasteiger partial charge is 0.337 e. The van der Waals surface area contributed by atoms with Crippen molar-refractivity contribution in [2.24, 2.45) is 0 Å². The fourth-order valence-electron chi connectivity index (χ4n) is 2.54. The zero-order valence-corrected chi connectivity index (χ0v) is 13.1. The summed E-state index contributed by atoms with van der Waals surface area (Å²) < 4.78 is 0. The van der Waals surface area contributed by atoms with E-state index in [1.807, 2.05) is 0 Å². The first kappa shape index (κ1) is 16.4. The van der Waals surface area contributed by atoms with Gasteiger partial charge in [-0.1, -0.05) is 19.8 Å². The molecule has 1 atom stereocenters. The minimum Gasteiger partial charge on any atom is -0.337 e. The van der Waals surface area contributed by atoms with E-state index in [9.17, 15) is 4.79 Å². The van der Waals surface area contributed by atoms with E-state index in [1.165, 1.54) is 25.7 Å². The van der Waals surface area contributed by atoms with Crippen LogP contribution in [0.2, 0.25) is 0 Å². The quantitative estimate of drug-likeness (QED) is 0.728. The standard InChI is InChI=1S/C15H31N3O/c1-5-13(2)16-12-15(19)18(11-10-17(3)4)14-8-6-7-9-14/h13-14,16H,5-12H2,1-4H3. The average molecular weight is 269 g/mol. The lowest BCUT2D eigenvalue weighted by Crippen LogP contribution is -2.47. The van der Waals surface area contributed by atoms with Crippen LogP contribution in [-0.2, 0) is 4.79 Å². The van der Waals surface area contributed by atoms with E-state index < -0.39 is 0 Å². The van der Waals surface area contributed by atoms with Crippen LogP contribution in [0, 0.1) is 0 Å². The van der Waals surface area contributed by atoms with Gasteiger partial charge in [-0.2, -0.15) is 0 Å². The van der Waals surface area contributed by atoms with Gasteiger partial charge in [-0.3, -0.25) is 4.79 Å². The molecule has 0 radical (unpaired) electrons. The number of hydrogen-bond donors (Lipinski definition) is 1.